The van der Waals surface area contributed by atoms with Crippen LogP contribution in [0.25, 0.3) is 0 Å². The van der Waals surface area contributed by atoms with Gasteiger partial charge in [0.1, 0.15) is 5.69 Å². The van der Waals surface area contributed by atoms with Crippen molar-refractivity contribution in [1.82, 2.24) is 14.9 Å². The number of nitrogens with one attached hydrogen (secondary N) is 1. The summed E-state index contributed by atoms with van der Waals surface area (Å²) in [6.45, 7) is 5.01. The maximum Gasteiger partial charge on any atom is 0.332 e. The topological polar surface area (TPSA) is 87.4 Å². The fourth-order valence-electron chi connectivity index (χ4n) is 2.36. The van der Waals surface area contributed by atoms with Crippen molar-refractivity contribution in [2.75, 3.05) is 50.5 Å². The molecular formula is C12H20N6O2. The predicted octanol–water partition coefficient (Wildman–Crippen LogP) is 0.877. The number of nitrogens with zero attached hydrogens (tertiary/aromatic N) is 5. The molecule has 0 spiro atoms. The summed E-state index contributed by atoms with van der Waals surface area (Å²) in [5, 5.41) is 14.2. The largest absolute Gasteiger partial charge is 0.357 e. The highest BCUT2D eigenvalue weighted by Crippen LogP contribution is 2.30. The summed E-state index contributed by atoms with van der Waals surface area (Å²) in [5.74, 6) is 0.836. The summed E-state index contributed by atoms with van der Waals surface area (Å²) >= 11 is 0. The summed E-state index contributed by atoms with van der Waals surface area (Å²) in [7, 11) is 3.77. The van der Waals surface area contributed by atoms with Crippen molar-refractivity contribution in [2.24, 2.45) is 0 Å². The second kappa shape index (κ2) is 6.00. The first-order valence-corrected chi connectivity index (χ1v) is 6.67. The number of rotatable bonds is 3. The average molecular weight is 280 g/mol. The number of nitro groups is 1. The smallest absolute Gasteiger partial charge is 0.332 e. The molecule has 0 unspecified atom stereocenters. The van der Waals surface area contributed by atoms with E-state index >= 15 is 0 Å². The molecule has 20 heavy (non-hydrogen) atoms. The van der Waals surface area contributed by atoms with Gasteiger partial charge in [-0.05, 0) is 26.9 Å². The second-order valence-electron chi connectivity index (χ2n) is 4.96. The molecule has 1 fully saturated rings. The Morgan fingerprint density at radius 2 is 2.00 bits per heavy atom. The van der Waals surface area contributed by atoms with Gasteiger partial charge in [0.2, 0.25) is 11.8 Å². The lowest BCUT2D eigenvalue weighted by atomic mass is 10.3. The Kier molecular flexibility index (Phi) is 4.33. The zero-order chi connectivity index (χ0) is 14.7. The molecule has 1 N–H and O–H groups in total. The van der Waals surface area contributed by atoms with E-state index in [1.54, 1.807) is 14.0 Å². The molecule has 8 heteroatoms. The van der Waals surface area contributed by atoms with Crippen LogP contribution in [0.1, 0.15) is 12.1 Å². The van der Waals surface area contributed by atoms with Gasteiger partial charge in [0.05, 0.1) is 4.92 Å². The van der Waals surface area contributed by atoms with E-state index in [0.717, 1.165) is 32.6 Å². The normalized spacial score (nSPS) is 16.9. The van der Waals surface area contributed by atoms with Gasteiger partial charge in [-0.25, -0.2) is 4.98 Å². The molecule has 0 atom stereocenters. The van der Waals surface area contributed by atoms with Crippen LogP contribution in [0.3, 0.4) is 0 Å². The van der Waals surface area contributed by atoms with Crippen molar-refractivity contribution in [3.63, 3.8) is 0 Å². The molecule has 2 rings (SSSR count). The van der Waals surface area contributed by atoms with Crippen LogP contribution in [0, 0.1) is 17.0 Å². The number of anilines is 2. The van der Waals surface area contributed by atoms with Crippen molar-refractivity contribution in [2.45, 2.75) is 13.3 Å². The van der Waals surface area contributed by atoms with Crippen LogP contribution >= 0.6 is 0 Å². The maximum absolute atomic E-state index is 11.3. The van der Waals surface area contributed by atoms with Crippen LogP contribution in [-0.2, 0) is 0 Å². The summed E-state index contributed by atoms with van der Waals surface area (Å²) in [5.41, 5.74) is 0.399. The van der Waals surface area contributed by atoms with Crippen molar-refractivity contribution >= 4 is 17.5 Å². The first-order chi connectivity index (χ1) is 9.52. The fourth-order valence-corrected chi connectivity index (χ4v) is 2.36. The molecule has 110 valence electrons. The molecule has 1 saturated heterocycles. The quantitative estimate of drug-likeness (QED) is 0.649. The highest BCUT2D eigenvalue weighted by atomic mass is 16.6. The fraction of sp³-hybridized carbons (Fsp3) is 0.667. The van der Waals surface area contributed by atoms with Gasteiger partial charge >= 0.3 is 5.69 Å². The summed E-state index contributed by atoms with van der Waals surface area (Å²) in [6.07, 6.45) is 0.964. The Balaban J connectivity index is 2.42. The third-order valence-electron chi connectivity index (χ3n) is 3.47. The first kappa shape index (κ1) is 14.4. The average Bonchev–Trinajstić information content (AvgIpc) is 2.62. The Morgan fingerprint density at radius 1 is 1.25 bits per heavy atom. The van der Waals surface area contributed by atoms with E-state index < -0.39 is 4.92 Å². The minimum atomic E-state index is -0.390. The molecule has 0 aromatic carbocycles. The molecule has 0 bridgehead atoms. The Labute approximate surface area is 118 Å². The van der Waals surface area contributed by atoms with Gasteiger partial charge in [-0.3, -0.25) is 10.1 Å². The molecular weight excluding hydrogens is 260 g/mol. The summed E-state index contributed by atoms with van der Waals surface area (Å²) < 4.78 is 0. The predicted molar refractivity (Wildman–Crippen MR) is 77.3 cm³/mol. The number of hydrogen-bond acceptors (Lipinski definition) is 7. The van der Waals surface area contributed by atoms with Gasteiger partial charge in [-0.2, -0.15) is 4.98 Å². The van der Waals surface area contributed by atoms with E-state index in [9.17, 15) is 10.1 Å². The molecule has 0 radical (unpaired) electrons. The number of aromatic nitrogens is 2. The van der Waals surface area contributed by atoms with Gasteiger partial charge in [-0.1, -0.05) is 0 Å². The molecule has 0 aliphatic carbocycles. The third-order valence-corrected chi connectivity index (χ3v) is 3.47. The van der Waals surface area contributed by atoms with Crippen molar-refractivity contribution in [3.05, 3.63) is 15.8 Å². The number of hydrogen-bond donors (Lipinski definition) is 1. The Morgan fingerprint density at radius 3 is 2.65 bits per heavy atom. The van der Waals surface area contributed by atoms with E-state index in [4.69, 9.17) is 0 Å². The summed E-state index contributed by atoms with van der Waals surface area (Å²) in [4.78, 5) is 23.5. The van der Waals surface area contributed by atoms with Crippen molar-refractivity contribution in [3.8, 4) is 0 Å². The molecule has 1 aromatic heterocycles. The standard InChI is InChI=1S/C12H20N6O2/c1-9-10(18(19)20)11(15-12(13-2)14-9)17-6-4-5-16(3)7-8-17/h4-8H2,1-3H3,(H,13,14,15). The lowest BCUT2D eigenvalue weighted by Crippen LogP contribution is -2.30. The first-order valence-electron chi connectivity index (χ1n) is 6.67. The summed E-state index contributed by atoms with van der Waals surface area (Å²) in [6, 6.07) is 0. The molecule has 0 amide bonds. The number of likely N-dealkylation sites (N-methyl/N-ethyl adjacent to an activating group) is 1. The SMILES string of the molecule is CNc1nc(C)c([N+](=O)[O-])c(N2CCCN(C)CC2)n1. The molecule has 0 saturated carbocycles. The van der Waals surface area contributed by atoms with Crippen LogP contribution in [-0.4, -0.2) is 60.1 Å². The van der Waals surface area contributed by atoms with Crippen LogP contribution in [0.5, 0.6) is 0 Å². The maximum atomic E-state index is 11.3. The van der Waals surface area contributed by atoms with E-state index in [2.05, 4.69) is 27.2 Å². The zero-order valence-electron chi connectivity index (χ0n) is 12.1. The van der Waals surface area contributed by atoms with Crippen LogP contribution < -0.4 is 10.2 Å². The molecule has 1 aliphatic rings. The molecule has 2 heterocycles. The second-order valence-corrected chi connectivity index (χ2v) is 4.96. The van der Waals surface area contributed by atoms with E-state index in [1.807, 2.05) is 4.90 Å². The van der Waals surface area contributed by atoms with Crippen LogP contribution in [0.2, 0.25) is 0 Å². The van der Waals surface area contributed by atoms with Crippen molar-refractivity contribution in [1.29, 1.82) is 0 Å². The number of aryl methyl sites for hydroxylation is 1. The van der Waals surface area contributed by atoms with Gasteiger partial charge in [0.25, 0.3) is 0 Å². The van der Waals surface area contributed by atoms with Crippen LogP contribution in [0.15, 0.2) is 0 Å². The van der Waals surface area contributed by atoms with E-state index in [0.29, 0.717) is 17.5 Å². The Hall–Kier alpha value is -1.96. The van der Waals surface area contributed by atoms with Gasteiger partial charge in [0, 0.05) is 26.7 Å². The Bertz CT molecular complexity index is 507. The minimum absolute atomic E-state index is 0.00792. The van der Waals surface area contributed by atoms with Crippen LogP contribution in [0.4, 0.5) is 17.5 Å². The lowest BCUT2D eigenvalue weighted by molar-refractivity contribution is -0.385. The monoisotopic (exact) mass is 280 g/mol. The lowest BCUT2D eigenvalue weighted by Gasteiger charge is -2.22. The van der Waals surface area contributed by atoms with E-state index in [-0.39, 0.29) is 5.69 Å². The molecule has 1 aliphatic heterocycles. The molecule has 8 nitrogen and oxygen atoms in total. The highest BCUT2D eigenvalue weighted by molar-refractivity contribution is 5.62. The van der Waals surface area contributed by atoms with E-state index in [1.165, 1.54) is 0 Å². The highest BCUT2D eigenvalue weighted by Gasteiger charge is 2.27. The zero-order valence-corrected chi connectivity index (χ0v) is 12.1. The third kappa shape index (κ3) is 2.96. The van der Waals surface area contributed by atoms with Gasteiger partial charge < -0.3 is 15.1 Å². The molecule has 1 aromatic rings. The minimum Gasteiger partial charge on any atom is -0.357 e. The van der Waals surface area contributed by atoms with Gasteiger partial charge in [0.15, 0.2) is 0 Å². The van der Waals surface area contributed by atoms with Gasteiger partial charge in [-0.15, -0.1) is 0 Å². The van der Waals surface area contributed by atoms with Crippen molar-refractivity contribution < 1.29 is 4.92 Å².